The minimum Gasteiger partial charge on any atom is -0.497 e. The van der Waals surface area contributed by atoms with E-state index in [0.29, 0.717) is 30.5 Å². The lowest BCUT2D eigenvalue weighted by molar-refractivity contribution is -0.137. The summed E-state index contributed by atoms with van der Waals surface area (Å²) in [7, 11) is 1.68. The summed E-state index contributed by atoms with van der Waals surface area (Å²) in [6, 6.07) is 11.8. The fourth-order valence-corrected chi connectivity index (χ4v) is 5.01. The van der Waals surface area contributed by atoms with E-state index in [1.54, 1.807) is 13.3 Å². The van der Waals surface area contributed by atoms with Gasteiger partial charge in [-0.2, -0.15) is 5.10 Å². The Bertz CT molecular complexity index is 1190. The molecule has 2 atom stereocenters. The first kappa shape index (κ1) is 24.6. The summed E-state index contributed by atoms with van der Waals surface area (Å²) >= 11 is 0. The molecule has 182 valence electrons. The Labute approximate surface area is 206 Å². The second-order valence-electron chi connectivity index (χ2n) is 9.13. The maximum Gasteiger partial charge on any atom is 0.303 e. The van der Waals surface area contributed by atoms with Crippen molar-refractivity contribution in [2.45, 2.75) is 38.5 Å². The molecule has 4 rings (SSSR count). The Morgan fingerprint density at radius 1 is 1.20 bits per heavy atom. The summed E-state index contributed by atoms with van der Waals surface area (Å²) in [5.41, 5.74) is 2.94. The summed E-state index contributed by atoms with van der Waals surface area (Å²) in [5.74, 6) is 7.29. The molecule has 7 heteroatoms. The van der Waals surface area contributed by atoms with Crippen molar-refractivity contribution in [1.82, 2.24) is 20.1 Å². The highest BCUT2D eigenvalue weighted by Gasteiger charge is 2.28. The van der Waals surface area contributed by atoms with Crippen molar-refractivity contribution in [2.75, 3.05) is 26.7 Å². The number of methoxy groups -OCH3 is 1. The lowest BCUT2D eigenvalue weighted by atomic mass is 9.79. The molecule has 1 fully saturated rings. The lowest BCUT2D eigenvalue weighted by Crippen LogP contribution is -2.41. The number of carboxylic acid groups (broad SMARTS) is 1. The summed E-state index contributed by atoms with van der Waals surface area (Å²) < 4.78 is 5.40. The molecular formula is C28H32N4O3. The summed E-state index contributed by atoms with van der Waals surface area (Å²) in [6.45, 7) is 2.54. The minimum absolute atomic E-state index is 0.217. The second-order valence-corrected chi connectivity index (χ2v) is 9.13. The van der Waals surface area contributed by atoms with Crippen LogP contribution >= 0.6 is 0 Å². The first-order valence-corrected chi connectivity index (χ1v) is 12.2. The van der Waals surface area contributed by atoms with Crippen molar-refractivity contribution in [2.24, 2.45) is 11.8 Å². The van der Waals surface area contributed by atoms with Gasteiger partial charge in [0, 0.05) is 30.7 Å². The monoisotopic (exact) mass is 472 g/mol. The van der Waals surface area contributed by atoms with Gasteiger partial charge in [0.15, 0.2) is 0 Å². The molecule has 7 nitrogen and oxygen atoms in total. The number of aryl methyl sites for hydroxylation is 1. The van der Waals surface area contributed by atoms with Gasteiger partial charge in [0.25, 0.3) is 0 Å². The van der Waals surface area contributed by atoms with E-state index in [1.807, 2.05) is 30.5 Å². The van der Waals surface area contributed by atoms with E-state index in [-0.39, 0.29) is 6.42 Å². The summed E-state index contributed by atoms with van der Waals surface area (Å²) in [4.78, 5) is 18.1. The van der Waals surface area contributed by atoms with E-state index < -0.39 is 5.97 Å². The normalized spacial score (nSPS) is 18.1. The number of hydrogen-bond donors (Lipinski definition) is 1. The van der Waals surface area contributed by atoms with Gasteiger partial charge in [-0.3, -0.25) is 14.7 Å². The molecular weight excluding hydrogens is 440 g/mol. The zero-order chi connectivity index (χ0) is 24.5. The van der Waals surface area contributed by atoms with Crippen LogP contribution in [0.25, 0.3) is 10.9 Å². The number of aromatic nitrogens is 3. The Morgan fingerprint density at radius 3 is 2.91 bits per heavy atom. The van der Waals surface area contributed by atoms with Crippen LogP contribution in [0.15, 0.2) is 48.8 Å². The SMILES string of the molecule is COc1ccc2nccc(CCCC3CCN(CC#Cc4cccnn4)CC3CCC(=O)O)c2c1. The molecule has 3 heterocycles. The number of hydrogen-bond acceptors (Lipinski definition) is 6. The van der Waals surface area contributed by atoms with Crippen molar-refractivity contribution in [3.05, 3.63) is 60.0 Å². The second kappa shape index (κ2) is 12.3. The third kappa shape index (κ3) is 7.00. The average Bonchev–Trinajstić information content (AvgIpc) is 2.88. The molecule has 2 unspecified atom stereocenters. The molecule has 0 amide bonds. The van der Waals surface area contributed by atoms with Crippen molar-refractivity contribution >= 4 is 16.9 Å². The number of likely N-dealkylation sites (tertiary alicyclic amines) is 1. The number of nitrogens with zero attached hydrogens (tertiary/aromatic N) is 4. The number of piperidine rings is 1. The molecule has 0 spiro atoms. The van der Waals surface area contributed by atoms with E-state index in [1.165, 1.54) is 5.56 Å². The maximum absolute atomic E-state index is 11.3. The Kier molecular flexibility index (Phi) is 8.63. The van der Waals surface area contributed by atoms with Gasteiger partial charge in [-0.1, -0.05) is 5.92 Å². The van der Waals surface area contributed by atoms with Gasteiger partial charge in [-0.15, -0.1) is 5.10 Å². The predicted molar refractivity (Wildman–Crippen MR) is 135 cm³/mol. The molecule has 1 N–H and O–H groups in total. The van der Waals surface area contributed by atoms with Crippen LogP contribution in [0.3, 0.4) is 0 Å². The van der Waals surface area contributed by atoms with Crippen LogP contribution in [-0.4, -0.2) is 57.9 Å². The number of aliphatic carboxylic acids is 1. The van der Waals surface area contributed by atoms with Crippen molar-refractivity contribution < 1.29 is 14.6 Å². The third-order valence-electron chi connectivity index (χ3n) is 6.86. The third-order valence-corrected chi connectivity index (χ3v) is 6.86. The molecule has 1 aliphatic heterocycles. The van der Waals surface area contributed by atoms with E-state index >= 15 is 0 Å². The molecule has 0 saturated carbocycles. The number of fused-ring (bicyclic) bond motifs is 1. The fourth-order valence-electron chi connectivity index (χ4n) is 5.01. The van der Waals surface area contributed by atoms with Gasteiger partial charge < -0.3 is 9.84 Å². The maximum atomic E-state index is 11.3. The van der Waals surface area contributed by atoms with Crippen molar-refractivity contribution in [3.8, 4) is 17.6 Å². The standard InChI is InChI=1S/C28H32N4O3/c1-35-25-10-11-27-26(19-25)22(13-16-29-27)6-2-5-21-14-18-32(20-23(21)9-12-28(33)34)17-4-8-24-7-3-15-30-31-24/h3,7,10-11,13,15-16,19,21,23H,2,5-6,9,12,14,17-18,20H2,1H3,(H,33,34). The van der Waals surface area contributed by atoms with Crippen LogP contribution in [0.1, 0.15) is 43.4 Å². The number of rotatable bonds is 9. The van der Waals surface area contributed by atoms with Crippen LogP contribution < -0.4 is 4.74 Å². The largest absolute Gasteiger partial charge is 0.497 e. The summed E-state index contributed by atoms with van der Waals surface area (Å²) in [6.07, 6.45) is 8.65. The van der Waals surface area contributed by atoms with Gasteiger partial charge in [-0.05, 0) is 98.4 Å². The number of carbonyl (C=O) groups is 1. The number of ether oxygens (including phenoxy) is 1. The quantitative estimate of drug-likeness (QED) is 0.467. The number of benzene rings is 1. The van der Waals surface area contributed by atoms with Gasteiger partial charge in [0.05, 0.1) is 19.2 Å². The van der Waals surface area contributed by atoms with Crippen LogP contribution in [0.4, 0.5) is 0 Å². The van der Waals surface area contributed by atoms with Crippen molar-refractivity contribution in [3.63, 3.8) is 0 Å². The zero-order valence-corrected chi connectivity index (χ0v) is 20.2. The molecule has 1 aliphatic rings. The van der Waals surface area contributed by atoms with Gasteiger partial charge in [0.2, 0.25) is 0 Å². The average molecular weight is 473 g/mol. The predicted octanol–water partition coefficient (Wildman–Crippen LogP) is 4.21. The van der Waals surface area contributed by atoms with Crippen molar-refractivity contribution in [1.29, 1.82) is 0 Å². The fraction of sp³-hybridized carbons (Fsp3) is 0.429. The number of carboxylic acids is 1. The molecule has 1 aromatic carbocycles. The van der Waals surface area contributed by atoms with E-state index in [4.69, 9.17) is 4.74 Å². The zero-order valence-electron chi connectivity index (χ0n) is 20.2. The minimum atomic E-state index is -0.722. The molecule has 0 aliphatic carbocycles. The highest BCUT2D eigenvalue weighted by Crippen LogP contribution is 2.32. The van der Waals surface area contributed by atoms with Gasteiger partial charge >= 0.3 is 5.97 Å². The van der Waals surface area contributed by atoms with Crippen LogP contribution in [0, 0.1) is 23.7 Å². The van der Waals surface area contributed by atoms with E-state index in [2.05, 4.69) is 44.1 Å². The summed E-state index contributed by atoms with van der Waals surface area (Å²) in [5, 5.41) is 18.3. The highest BCUT2D eigenvalue weighted by molar-refractivity contribution is 5.83. The lowest BCUT2D eigenvalue weighted by Gasteiger charge is -2.38. The van der Waals surface area contributed by atoms with Gasteiger partial charge in [0.1, 0.15) is 11.4 Å². The Morgan fingerprint density at radius 2 is 2.11 bits per heavy atom. The first-order valence-electron chi connectivity index (χ1n) is 12.2. The van der Waals surface area contributed by atoms with E-state index in [9.17, 15) is 9.90 Å². The Balaban J connectivity index is 1.35. The highest BCUT2D eigenvalue weighted by atomic mass is 16.5. The molecule has 2 aromatic heterocycles. The smallest absolute Gasteiger partial charge is 0.303 e. The molecule has 35 heavy (non-hydrogen) atoms. The van der Waals surface area contributed by atoms with Crippen LogP contribution in [0.2, 0.25) is 0 Å². The molecule has 3 aromatic rings. The van der Waals surface area contributed by atoms with Gasteiger partial charge in [-0.25, -0.2) is 0 Å². The van der Waals surface area contributed by atoms with E-state index in [0.717, 1.165) is 55.4 Å². The topological polar surface area (TPSA) is 88.4 Å². The Hall–Kier alpha value is -3.50. The molecule has 0 bridgehead atoms. The van der Waals surface area contributed by atoms with Crippen LogP contribution in [0.5, 0.6) is 5.75 Å². The molecule has 0 radical (unpaired) electrons. The number of pyridine rings is 1. The molecule has 1 saturated heterocycles. The van der Waals surface area contributed by atoms with Crippen LogP contribution in [-0.2, 0) is 11.2 Å². The first-order chi connectivity index (χ1) is 17.1.